The molecule has 0 saturated heterocycles. The molecule has 16 heavy (non-hydrogen) atoms. The lowest BCUT2D eigenvalue weighted by Gasteiger charge is -2.27. The van der Waals surface area contributed by atoms with Crippen LogP contribution in [0.1, 0.15) is 0 Å². The molecule has 0 radical (unpaired) electrons. The molecule has 0 fully saturated rings. The summed E-state index contributed by atoms with van der Waals surface area (Å²) < 4.78 is 0. The van der Waals surface area contributed by atoms with Crippen molar-refractivity contribution in [2.75, 3.05) is 19.0 Å². The summed E-state index contributed by atoms with van der Waals surface area (Å²) in [6.45, 7) is 3.89. The monoisotopic (exact) mass is 255 g/mol. The summed E-state index contributed by atoms with van der Waals surface area (Å²) in [4.78, 5) is 1.75. The van der Waals surface area contributed by atoms with Crippen LogP contribution in [-0.2, 0) is 0 Å². The molecule has 0 aliphatic heterocycles. The molecule has 0 heterocycles. The van der Waals surface area contributed by atoms with E-state index in [0.29, 0.717) is 16.0 Å². The van der Waals surface area contributed by atoms with Crippen molar-refractivity contribution in [1.29, 1.82) is 0 Å². The van der Waals surface area contributed by atoms with E-state index in [1.165, 1.54) is 0 Å². The van der Waals surface area contributed by atoms with E-state index in [1.807, 2.05) is 24.3 Å². The number of thiocarbonyl (C=S) groups is 1. The Morgan fingerprint density at radius 3 is 2.44 bits per heavy atom. The second-order valence-corrected chi connectivity index (χ2v) is 3.83. The van der Waals surface area contributed by atoms with Crippen molar-refractivity contribution in [3.63, 3.8) is 0 Å². The average molecular weight is 256 g/mol. The van der Waals surface area contributed by atoms with Gasteiger partial charge in [-0.15, -0.1) is 0 Å². The quantitative estimate of drug-likeness (QED) is 0.811. The Hall–Kier alpha value is -1.26. The van der Waals surface area contributed by atoms with Crippen LogP contribution in [0.3, 0.4) is 0 Å². The van der Waals surface area contributed by atoms with Crippen LogP contribution in [0.15, 0.2) is 36.7 Å². The van der Waals surface area contributed by atoms with E-state index >= 15 is 0 Å². The molecule has 1 aromatic rings. The summed E-state index contributed by atoms with van der Waals surface area (Å²) in [5.41, 5.74) is 0.794. The lowest BCUT2D eigenvalue weighted by molar-refractivity contribution is 0.938. The fourth-order valence-electron chi connectivity index (χ4n) is 1.23. The van der Waals surface area contributed by atoms with E-state index < -0.39 is 0 Å². The highest BCUT2D eigenvalue weighted by Gasteiger charge is 2.16. The summed E-state index contributed by atoms with van der Waals surface area (Å²) in [5.74, 6) is 0.660. The predicted molar refractivity (Wildman–Crippen MR) is 73.8 cm³/mol. The first kappa shape index (κ1) is 12.8. The zero-order valence-electron chi connectivity index (χ0n) is 9.25. The molecule has 0 atom stereocenters. The van der Waals surface area contributed by atoms with Crippen LogP contribution in [0.25, 0.3) is 0 Å². The topological polar surface area (TPSA) is 27.3 Å². The zero-order valence-corrected chi connectivity index (χ0v) is 10.8. The fourth-order valence-corrected chi connectivity index (χ4v) is 1.66. The van der Waals surface area contributed by atoms with E-state index in [9.17, 15) is 0 Å². The number of hydrogen-bond acceptors (Lipinski definition) is 2. The maximum absolute atomic E-state index is 6.12. The summed E-state index contributed by atoms with van der Waals surface area (Å²) >= 11 is 11.3. The number of para-hydroxylation sites is 1. The van der Waals surface area contributed by atoms with Gasteiger partial charge in [0.25, 0.3) is 0 Å². The van der Waals surface area contributed by atoms with Gasteiger partial charge in [0.15, 0.2) is 5.11 Å². The van der Waals surface area contributed by atoms with Gasteiger partial charge in [-0.25, -0.2) is 0 Å². The SMILES string of the molecule is C=C(NC)N(C(=S)NC)c1ccccc1Cl. The third kappa shape index (κ3) is 2.65. The second-order valence-electron chi connectivity index (χ2n) is 3.04. The molecular weight excluding hydrogens is 242 g/mol. The van der Waals surface area contributed by atoms with E-state index in [-0.39, 0.29) is 0 Å². The minimum Gasteiger partial charge on any atom is -0.375 e. The van der Waals surface area contributed by atoms with Crippen molar-refractivity contribution < 1.29 is 0 Å². The first-order chi connectivity index (χ1) is 7.61. The summed E-state index contributed by atoms with van der Waals surface area (Å²) in [6.07, 6.45) is 0. The molecule has 0 aliphatic carbocycles. The summed E-state index contributed by atoms with van der Waals surface area (Å²) in [5, 5.41) is 7.01. The van der Waals surface area contributed by atoms with Crippen LogP contribution in [0, 0.1) is 0 Å². The van der Waals surface area contributed by atoms with Crippen molar-refractivity contribution in [1.82, 2.24) is 10.6 Å². The van der Waals surface area contributed by atoms with Gasteiger partial charge in [0.2, 0.25) is 0 Å². The number of nitrogens with one attached hydrogen (secondary N) is 2. The lowest BCUT2D eigenvalue weighted by atomic mass is 10.3. The van der Waals surface area contributed by atoms with Gasteiger partial charge in [-0.2, -0.15) is 0 Å². The van der Waals surface area contributed by atoms with Gasteiger partial charge >= 0.3 is 0 Å². The highest BCUT2D eigenvalue weighted by molar-refractivity contribution is 7.80. The van der Waals surface area contributed by atoms with Crippen LogP contribution >= 0.6 is 23.8 Å². The van der Waals surface area contributed by atoms with Crippen molar-refractivity contribution in [2.24, 2.45) is 0 Å². The second kappa shape index (κ2) is 5.72. The van der Waals surface area contributed by atoms with Crippen molar-refractivity contribution in [2.45, 2.75) is 0 Å². The van der Waals surface area contributed by atoms with Crippen molar-refractivity contribution in [3.05, 3.63) is 41.7 Å². The fraction of sp³-hybridized carbons (Fsp3) is 0.182. The Labute approximate surface area is 106 Å². The van der Waals surface area contributed by atoms with Crippen molar-refractivity contribution in [3.8, 4) is 0 Å². The first-order valence-corrected chi connectivity index (χ1v) is 5.53. The number of anilines is 1. The molecule has 1 aromatic carbocycles. The minimum absolute atomic E-state index is 0.535. The van der Waals surface area contributed by atoms with Crippen LogP contribution in [0.4, 0.5) is 5.69 Å². The molecule has 3 nitrogen and oxygen atoms in total. The molecular formula is C11H14ClN3S. The number of hydrogen-bond donors (Lipinski definition) is 2. The largest absolute Gasteiger partial charge is 0.375 e. The molecule has 2 N–H and O–H groups in total. The Morgan fingerprint density at radius 1 is 1.31 bits per heavy atom. The molecule has 86 valence electrons. The Bertz CT molecular complexity index is 390. The Morgan fingerprint density at radius 2 is 1.94 bits per heavy atom. The summed E-state index contributed by atoms with van der Waals surface area (Å²) in [6, 6.07) is 7.46. The highest BCUT2D eigenvalue weighted by atomic mass is 35.5. The maximum atomic E-state index is 6.12. The van der Waals surface area contributed by atoms with E-state index in [1.54, 1.807) is 19.0 Å². The number of halogens is 1. The molecule has 0 saturated carbocycles. The van der Waals surface area contributed by atoms with Crippen LogP contribution in [-0.4, -0.2) is 19.2 Å². The summed E-state index contributed by atoms with van der Waals surface area (Å²) in [7, 11) is 3.54. The van der Waals surface area contributed by atoms with Crippen LogP contribution < -0.4 is 15.5 Å². The normalized spacial score (nSPS) is 9.44. The lowest BCUT2D eigenvalue weighted by Crippen LogP contribution is -2.40. The molecule has 5 heteroatoms. The molecule has 0 spiro atoms. The van der Waals surface area contributed by atoms with Gasteiger partial charge in [-0.3, -0.25) is 4.90 Å². The smallest absolute Gasteiger partial charge is 0.179 e. The van der Waals surface area contributed by atoms with Gasteiger partial charge in [0.1, 0.15) is 5.82 Å². The number of rotatable bonds is 3. The van der Waals surface area contributed by atoms with Crippen LogP contribution in [0.2, 0.25) is 5.02 Å². The van der Waals surface area contributed by atoms with Crippen molar-refractivity contribution >= 4 is 34.6 Å². The number of benzene rings is 1. The zero-order chi connectivity index (χ0) is 12.1. The Balaban J connectivity index is 3.16. The average Bonchev–Trinajstić information content (AvgIpc) is 2.31. The third-order valence-corrected chi connectivity index (χ3v) is 2.78. The van der Waals surface area contributed by atoms with E-state index in [0.717, 1.165) is 5.69 Å². The predicted octanol–water partition coefficient (Wildman–Crippen LogP) is 2.34. The van der Waals surface area contributed by atoms with Crippen LogP contribution in [0.5, 0.6) is 0 Å². The molecule has 0 aromatic heterocycles. The molecule has 1 rings (SSSR count). The number of nitrogens with zero attached hydrogens (tertiary/aromatic N) is 1. The van der Waals surface area contributed by atoms with Gasteiger partial charge in [0.05, 0.1) is 10.7 Å². The first-order valence-electron chi connectivity index (χ1n) is 4.74. The standard InChI is InChI=1S/C11H14ClN3S/c1-8(13-2)15(11(16)14-3)10-7-5-4-6-9(10)12/h4-7,13H,1H2,2-3H3,(H,14,16). The molecule has 0 aliphatic rings. The maximum Gasteiger partial charge on any atom is 0.179 e. The molecule has 0 bridgehead atoms. The van der Waals surface area contributed by atoms with Gasteiger partial charge < -0.3 is 10.6 Å². The molecule has 0 amide bonds. The van der Waals surface area contributed by atoms with Gasteiger partial charge in [-0.1, -0.05) is 30.3 Å². The minimum atomic E-state index is 0.535. The third-order valence-electron chi connectivity index (χ3n) is 2.07. The van der Waals surface area contributed by atoms with Gasteiger partial charge in [0, 0.05) is 14.1 Å². The highest BCUT2D eigenvalue weighted by Crippen LogP contribution is 2.27. The van der Waals surface area contributed by atoms with Gasteiger partial charge in [-0.05, 0) is 24.4 Å². The molecule has 0 unspecified atom stereocenters. The van der Waals surface area contributed by atoms with E-state index in [2.05, 4.69) is 17.2 Å². The van der Waals surface area contributed by atoms with E-state index in [4.69, 9.17) is 23.8 Å². The Kier molecular flexibility index (Phi) is 4.58.